The molecule has 1 aromatic carbocycles. The average molecular weight is 610 g/mol. The summed E-state index contributed by atoms with van der Waals surface area (Å²) in [4.78, 5) is 32.2. The quantitative estimate of drug-likeness (QED) is 0.231. The lowest BCUT2D eigenvalue weighted by Crippen LogP contribution is -2.47. The summed E-state index contributed by atoms with van der Waals surface area (Å²) in [5.74, 6) is 0.762. The van der Waals surface area contributed by atoms with Crippen molar-refractivity contribution in [2.45, 2.75) is 31.3 Å². The van der Waals surface area contributed by atoms with Gasteiger partial charge in [-0.05, 0) is 31.0 Å². The summed E-state index contributed by atoms with van der Waals surface area (Å²) in [7, 11) is 3.13. The Morgan fingerprint density at radius 1 is 1.07 bits per heavy atom. The van der Waals surface area contributed by atoms with E-state index in [9.17, 15) is 9.59 Å². The van der Waals surface area contributed by atoms with E-state index in [4.69, 9.17) is 14.5 Å². The van der Waals surface area contributed by atoms with Gasteiger partial charge in [-0.15, -0.1) is 10.2 Å². The molecule has 0 bridgehead atoms. The number of anilines is 3. The fourth-order valence-electron chi connectivity index (χ4n) is 5.60. The maximum Gasteiger partial charge on any atom is 0.273 e. The number of hydrogen-bond donors (Lipinski definition) is 3. The van der Waals surface area contributed by atoms with E-state index in [0.717, 1.165) is 68.2 Å². The molecule has 13 nitrogen and oxygen atoms in total. The number of methoxy groups -OCH3 is 1. The smallest absolute Gasteiger partial charge is 0.273 e. The lowest BCUT2D eigenvalue weighted by Gasteiger charge is -2.39. The number of likely N-dealkylation sites (tertiary alicyclic amines) is 1. The van der Waals surface area contributed by atoms with Gasteiger partial charge in [-0.3, -0.25) is 24.2 Å². The predicted molar refractivity (Wildman–Crippen MR) is 166 cm³/mol. The number of benzene rings is 1. The van der Waals surface area contributed by atoms with Crippen molar-refractivity contribution in [3.63, 3.8) is 0 Å². The number of nitrogens with one attached hydrogen (secondary N) is 3. The van der Waals surface area contributed by atoms with Crippen molar-refractivity contribution in [3.8, 4) is 16.9 Å². The Bertz CT molecular complexity index is 1730. The van der Waals surface area contributed by atoms with Crippen LogP contribution in [0, 0.1) is 5.92 Å². The highest BCUT2D eigenvalue weighted by atomic mass is 16.5. The van der Waals surface area contributed by atoms with Gasteiger partial charge in [0.15, 0.2) is 11.5 Å². The number of ether oxygens (including phenoxy) is 2. The van der Waals surface area contributed by atoms with E-state index >= 15 is 0 Å². The third-order valence-electron chi connectivity index (χ3n) is 8.42. The highest BCUT2D eigenvalue weighted by Gasteiger charge is 2.31. The molecule has 45 heavy (non-hydrogen) atoms. The molecule has 5 heterocycles. The zero-order chi connectivity index (χ0) is 30.9. The van der Waals surface area contributed by atoms with Gasteiger partial charge in [0.1, 0.15) is 5.75 Å². The highest BCUT2D eigenvalue weighted by Crippen LogP contribution is 2.39. The molecule has 4 aromatic rings. The van der Waals surface area contributed by atoms with Gasteiger partial charge >= 0.3 is 0 Å². The summed E-state index contributed by atoms with van der Waals surface area (Å²) >= 11 is 0. The van der Waals surface area contributed by atoms with Crippen LogP contribution in [-0.2, 0) is 16.1 Å². The van der Waals surface area contributed by atoms with Crippen molar-refractivity contribution in [3.05, 3.63) is 71.9 Å². The van der Waals surface area contributed by atoms with Crippen LogP contribution < -0.4 is 20.7 Å². The molecule has 3 aromatic heterocycles. The summed E-state index contributed by atoms with van der Waals surface area (Å²) in [6.07, 6.45) is 5.60. The van der Waals surface area contributed by atoms with Crippen LogP contribution in [0.1, 0.15) is 46.7 Å². The minimum atomic E-state index is -0.410. The number of pyridine rings is 1. The molecule has 0 atom stereocenters. The van der Waals surface area contributed by atoms with Crippen molar-refractivity contribution in [1.29, 1.82) is 0 Å². The van der Waals surface area contributed by atoms with Gasteiger partial charge in [-0.1, -0.05) is 18.2 Å². The lowest BCUT2D eigenvalue weighted by molar-refractivity contribution is -0.117. The molecule has 13 heteroatoms. The first-order valence-electron chi connectivity index (χ1n) is 15.1. The molecule has 1 aliphatic carbocycles. The molecule has 3 fully saturated rings. The molecule has 232 valence electrons. The number of nitrogens with zero attached hydrogens (tertiary/aromatic N) is 6. The third-order valence-corrected chi connectivity index (χ3v) is 8.42. The van der Waals surface area contributed by atoms with Crippen molar-refractivity contribution in [2.75, 3.05) is 51.1 Å². The molecule has 3 N–H and O–H groups in total. The SMILES string of the molecule is CNC(=O)c1nnc(NC(=O)C2CC2)cc1Nc1cccc(-c2cnn(C3CN(Cc4cccc(C5COC5)n4)C3)c2)c1OC. The van der Waals surface area contributed by atoms with E-state index < -0.39 is 5.91 Å². The molecule has 2 amide bonds. The van der Waals surface area contributed by atoms with E-state index in [0.29, 0.717) is 23.0 Å². The minimum absolute atomic E-state index is 0.00382. The van der Waals surface area contributed by atoms with Crippen LogP contribution in [0.4, 0.5) is 17.2 Å². The van der Waals surface area contributed by atoms with Crippen molar-refractivity contribution in [1.82, 2.24) is 35.2 Å². The maximum atomic E-state index is 12.6. The second-order valence-electron chi connectivity index (χ2n) is 11.7. The number of para-hydroxylation sites is 1. The molecular weight excluding hydrogens is 574 g/mol. The molecule has 0 unspecified atom stereocenters. The van der Waals surface area contributed by atoms with Crippen molar-refractivity contribution >= 4 is 29.0 Å². The zero-order valence-corrected chi connectivity index (χ0v) is 25.2. The summed E-state index contributed by atoms with van der Waals surface area (Å²) in [6.45, 7) is 4.09. The van der Waals surface area contributed by atoms with Crippen molar-refractivity contribution in [2.24, 2.45) is 5.92 Å². The third kappa shape index (κ3) is 6.08. The summed E-state index contributed by atoms with van der Waals surface area (Å²) in [5.41, 5.74) is 5.05. The number of amides is 2. The summed E-state index contributed by atoms with van der Waals surface area (Å²) in [5, 5.41) is 21.5. The second-order valence-corrected chi connectivity index (χ2v) is 11.7. The first-order valence-corrected chi connectivity index (χ1v) is 15.1. The standard InChI is InChI=1S/C32H35N9O4/c1-33-32(43)29-27(11-28(38-39-29)37-31(42)19-9-10-19)36-26-8-4-6-24(30(26)44-2)20-12-34-41(13-20)23-15-40(16-23)14-22-5-3-7-25(35-22)21-17-45-18-21/h3-8,11-13,19,21,23H,9-10,14-18H2,1-2H3,(H,33,43)(H2,36,37,38,42). The molecule has 0 spiro atoms. The number of hydrogen-bond acceptors (Lipinski definition) is 10. The minimum Gasteiger partial charge on any atom is -0.494 e. The maximum absolute atomic E-state index is 12.6. The normalized spacial score (nSPS) is 16.8. The number of carbonyl (C=O) groups excluding carboxylic acids is 2. The highest BCUT2D eigenvalue weighted by molar-refractivity contribution is 6.00. The van der Waals surface area contributed by atoms with Gasteiger partial charge in [0, 0.05) is 67.6 Å². The predicted octanol–water partition coefficient (Wildman–Crippen LogP) is 3.37. The molecular formula is C32H35N9O4. The van der Waals surface area contributed by atoms with Crippen LogP contribution in [0.2, 0.25) is 0 Å². The molecule has 2 saturated heterocycles. The molecule has 7 rings (SSSR count). The van der Waals surface area contributed by atoms with Crippen molar-refractivity contribution < 1.29 is 19.1 Å². The van der Waals surface area contributed by atoms with Crippen LogP contribution in [0.5, 0.6) is 5.75 Å². The monoisotopic (exact) mass is 609 g/mol. The van der Waals surface area contributed by atoms with Crippen LogP contribution in [-0.4, -0.2) is 82.1 Å². The Labute approximate surface area is 260 Å². The number of rotatable bonds is 11. The Balaban J connectivity index is 1.06. The van der Waals surface area contributed by atoms with E-state index in [1.807, 2.05) is 35.3 Å². The van der Waals surface area contributed by atoms with Gasteiger partial charge < -0.3 is 25.4 Å². The van der Waals surface area contributed by atoms with Crippen LogP contribution in [0.15, 0.2) is 54.9 Å². The molecule has 3 aliphatic rings. The molecule has 1 saturated carbocycles. The number of carbonyl (C=O) groups is 2. The Morgan fingerprint density at radius 2 is 1.89 bits per heavy atom. The van der Waals surface area contributed by atoms with Gasteiger partial charge in [-0.25, -0.2) is 0 Å². The summed E-state index contributed by atoms with van der Waals surface area (Å²) < 4.78 is 13.2. The lowest BCUT2D eigenvalue weighted by atomic mass is 10.0. The van der Waals surface area contributed by atoms with E-state index in [1.54, 1.807) is 13.2 Å². The summed E-state index contributed by atoms with van der Waals surface area (Å²) in [6, 6.07) is 13.9. The zero-order valence-electron chi connectivity index (χ0n) is 25.2. The van der Waals surface area contributed by atoms with Gasteiger partial charge in [-0.2, -0.15) is 5.10 Å². The second kappa shape index (κ2) is 12.3. The topological polar surface area (TPSA) is 148 Å². The molecule has 2 aliphatic heterocycles. The van der Waals surface area contributed by atoms with Crippen LogP contribution in [0.3, 0.4) is 0 Å². The van der Waals surface area contributed by atoms with Crippen LogP contribution in [0.25, 0.3) is 11.1 Å². The Kier molecular flexibility index (Phi) is 7.86. The van der Waals surface area contributed by atoms with Gasteiger partial charge in [0.05, 0.1) is 49.6 Å². The Hall–Kier alpha value is -4.88. The van der Waals surface area contributed by atoms with Gasteiger partial charge in [0.2, 0.25) is 5.91 Å². The fourth-order valence-corrected chi connectivity index (χ4v) is 5.60. The van der Waals surface area contributed by atoms with Crippen LogP contribution >= 0.6 is 0 Å². The van der Waals surface area contributed by atoms with E-state index in [1.165, 1.54) is 7.05 Å². The largest absolute Gasteiger partial charge is 0.494 e. The average Bonchev–Trinajstić information content (AvgIpc) is 3.75. The Morgan fingerprint density at radius 3 is 2.62 bits per heavy atom. The first-order chi connectivity index (χ1) is 22.0. The first kappa shape index (κ1) is 28.9. The number of aromatic nitrogens is 5. The fraction of sp³-hybridized carbons (Fsp3) is 0.375. The van der Waals surface area contributed by atoms with E-state index in [-0.39, 0.29) is 29.4 Å². The van der Waals surface area contributed by atoms with E-state index in [2.05, 4.69) is 54.3 Å². The molecule has 0 radical (unpaired) electrons. The van der Waals surface area contributed by atoms with Gasteiger partial charge in [0.25, 0.3) is 5.91 Å².